The molecule has 1 fully saturated rings. The number of H-pyrrole nitrogens is 1. The third-order valence-electron chi connectivity index (χ3n) is 6.93. The number of aromatic amines is 1. The van der Waals surface area contributed by atoms with Crippen molar-refractivity contribution >= 4 is 16.9 Å². The van der Waals surface area contributed by atoms with Crippen LogP contribution >= 0.6 is 0 Å². The molecule has 7 nitrogen and oxygen atoms in total. The smallest absolute Gasteiger partial charge is 0.318 e. The van der Waals surface area contributed by atoms with Gasteiger partial charge in [0.05, 0.1) is 6.54 Å². The zero-order valence-corrected chi connectivity index (χ0v) is 19.8. The Balaban J connectivity index is 1.43. The largest absolute Gasteiger partial charge is 0.454 e. The van der Waals surface area contributed by atoms with Crippen molar-refractivity contribution < 1.29 is 14.3 Å². The summed E-state index contributed by atoms with van der Waals surface area (Å²) in [5, 5.41) is 4.17. The topological polar surface area (TPSA) is 83.7 Å². The minimum atomic E-state index is -0.170. The van der Waals surface area contributed by atoms with Gasteiger partial charge >= 0.3 is 6.03 Å². The van der Waals surface area contributed by atoms with Gasteiger partial charge in [-0.25, -0.2) is 4.79 Å². The first-order valence-corrected chi connectivity index (χ1v) is 12.0. The first-order chi connectivity index (χ1) is 16.5. The van der Waals surface area contributed by atoms with E-state index in [0.717, 1.165) is 53.3 Å². The van der Waals surface area contributed by atoms with Crippen molar-refractivity contribution in [3.8, 4) is 11.5 Å². The second kappa shape index (κ2) is 9.41. The van der Waals surface area contributed by atoms with Crippen LogP contribution in [0.25, 0.3) is 10.9 Å². The number of fused-ring (bicyclic) bond motifs is 2. The molecule has 1 aliphatic carbocycles. The number of urea groups is 1. The maximum Gasteiger partial charge on any atom is 0.318 e. The van der Waals surface area contributed by atoms with Gasteiger partial charge in [-0.2, -0.15) is 0 Å². The Bertz CT molecular complexity index is 1280. The van der Waals surface area contributed by atoms with Gasteiger partial charge in [-0.3, -0.25) is 4.79 Å². The van der Waals surface area contributed by atoms with E-state index in [4.69, 9.17) is 9.47 Å². The predicted octanol–water partition coefficient (Wildman–Crippen LogP) is 4.92. The molecule has 2 amide bonds. The Labute approximate surface area is 199 Å². The highest BCUT2D eigenvalue weighted by molar-refractivity contribution is 5.81. The van der Waals surface area contributed by atoms with Crippen LogP contribution in [0.5, 0.6) is 11.5 Å². The van der Waals surface area contributed by atoms with Gasteiger partial charge < -0.3 is 24.7 Å². The van der Waals surface area contributed by atoms with Gasteiger partial charge in [-0.15, -0.1) is 0 Å². The molecule has 0 bridgehead atoms. The van der Waals surface area contributed by atoms with Gasteiger partial charge in [0.2, 0.25) is 6.79 Å². The van der Waals surface area contributed by atoms with Crippen LogP contribution in [0, 0.1) is 13.8 Å². The zero-order valence-electron chi connectivity index (χ0n) is 19.8. The number of benzene rings is 2. The Morgan fingerprint density at radius 3 is 2.59 bits per heavy atom. The molecular formula is C27H31N3O4. The second-order valence-electron chi connectivity index (χ2n) is 9.48. The van der Waals surface area contributed by atoms with E-state index in [-0.39, 0.29) is 31.0 Å². The van der Waals surface area contributed by atoms with Gasteiger partial charge in [0.25, 0.3) is 5.56 Å². The van der Waals surface area contributed by atoms with Crippen LogP contribution in [0.4, 0.5) is 4.79 Å². The van der Waals surface area contributed by atoms with Gasteiger partial charge in [-0.1, -0.05) is 25.3 Å². The number of pyridine rings is 1. The van der Waals surface area contributed by atoms with Crippen LogP contribution < -0.4 is 20.3 Å². The first-order valence-electron chi connectivity index (χ1n) is 12.0. The number of aromatic nitrogens is 1. The minimum Gasteiger partial charge on any atom is -0.454 e. The summed E-state index contributed by atoms with van der Waals surface area (Å²) in [6.07, 6.45) is 5.49. The highest BCUT2D eigenvalue weighted by Crippen LogP contribution is 2.33. The van der Waals surface area contributed by atoms with E-state index >= 15 is 0 Å². The Morgan fingerprint density at radius 1 is 1.00 bits per heavy atom. The molecule has 2 N–H and O–H groups in total. The van der Waals surface area contributed by atoms with E-state index in [1.165, 1.54) is 6.42 Å². The molecule has 2 aromatic carbocycles. The molecule has 0 unspecified atom stereocenters. The van der Waals surface area contributed by atoms with Gasteiger partial charge in [0.1, 0.15) is 0 Å². The highest BCUT2D eigenvalue weighted by atomic mass is 16.7. The average Bonchev–Trinajstić information content (AvgIpc) is 3.29. The van der Waals surface area contributed by atoms with Crippen molar-refractivity contribution in [2.45, 2.75) is 65.1 Å². The van der Waals surface area contributed by atoms with Crippen LogP contribution in [0.3, 0.4) is 0 Å². The monoisotopic (exact) mass is 461 g/mol. The van der Waals surface area contributed by atoms with Crippen LogP contribution in [-0.4, -0.2) is 28.7 Å². The molecule has 2 heterocycles. The van der Waals surface area contributed by atoms with Crippen LogP contribution in [0.15, 0.2) is 41.2 Å². The van der Waals surface area contributed by atoms with Gasteiger partial charge in [0.15, 0.2) is 11.5 Å². The summed E-state index contributed by atoms with van der Waals surface area (Å²) < 4.78 is 10.9. The predicted molar refractivity (Wildman–Crippen MR) is 131 cm³/mol. The van der Waals surface area contributed by atoms with Gasteiger partial charge in [-0.05, 0) is 79.1 Å². The maximum atomic E-state index is 13.4. The second-order valence-corrected chi connectivity index (χ2v) is 9.48. The summed E-state index contributed by atoms with van der Waals surface area (Å²) in [5.41, 5.74) is 4.43. The number of amides is 2. The van der Waals surface area contributed by atoms with Crippen molar-refractivity contribution in [3.63, 3.8) is 0 Å². The number of nitrogens with one attached hydrogen (secondary N) is 2. The van der Waals surface area contributed by atoms with Crippen molar-refractivity contribution in [1.29, 1.82) is 0 Å². The molecule has 0 spiro atoms. The fraction of sp³-hybridized carbons (Fsp3) is 0.407. The maximum absolute atomic E-state index is 13.4. The number of carbonyl (C=O) groups excluding carboxylic acids is 1. The molecule has 178 valence electrons. The lowest BCUT2D eigenvalue weighted by Gasteiger charge is -2.28. The molecule has 0 radical (unpaired) electrons. The molecule has 1 saturated carbocycles. The molecule has 5 rings (SSSR count). The molecule has 0 saturated heterocycles. The number of rotatable bonds is 5. The van der Waals surface area contributed by atoms with E-state index in [1.54, 1.807) is 4.90 Å². The summed E-state index contributed by atoms with van der Waals surface area (Å²) in [7, 11) is 0. The number of carbonyl (C=O) groups is 1. The van der Waals surface area contributed by atoms with Crippen molar-refractivity contribution in [1.82, 2.24) is 15.2 Å². The molecule has 2 aliphatic rings. The molecule has 0 atom stereocenters. The minimum absolute atomic E-state index is 0.149. The summed E-state index contributed by atoms with van der Waals surface area (Å²) in [5.74, 6) is 1.39. The average molecular weight is 462 g/mol. The lowest BCUT2D eigenvalue weighted by molar-refractivity contribution is 0.173. The summed E-state index contributed by atoms with van der Waals surface area (Å²) in [4.78, 5) is 31.0. The Morgan fingerprint density at radius 2 is 1.76 bits per heavy atom. The number of aryl methyl sites for hydroxylation is 2. The van der Waals surface area contributed by atoms with Crippen molar-refractivity contribution in [2.24, 2.45) is 0 Å². The van der Waals surface area contributed by atoms with E-state index < -0.39 is 0 Å². The quantitative estimate of drug-likeness (QED) is 0.565. The van der Waals surface area contributed by atoms with E-state index in [1.807, 2.05) is 37.3 Å². The standard InChI is InChI=1S/C27H31N3O4/c1-17-10-20-13-21(26(31)29-23(20)11-18(17)2)15-30(27(32)28-22-6-4-3-5-7-22)14-19-8-9-24-25(12-19)34-16-33-24/h8-13,22H,3-7,14-16H2,1-2H3,(H,28,32)(H,29,31). The van der Waals surface area contributed by atoms with Gasteiger partial charge in [0, 0.05) is 23.7 Å². The first kappa shape index (κ1) is 22.3. The molecule has 7 heteroatoms. The third-order valence-corrected chi connectivity index (χ3v) is 6.93. The molecule has 3 aromatic rings. The fourth-order valence-corrected chi connectivity index (χ4v) is 4.82. The lowest BCUT2D eigenvalue weighted by atomic mass is 9.96. The van der Waals surface area contributed by atoms with Crippen LogP contribution in [-0.2, 0) is 13.1 Å². The van der Waals surface area contributed by atoms with Crippen molar-refractivity contribution in [2.75, 3.05) is 6.79 Å². The fourth-order valence-electron chi connectivity index (χ4n) is 4.82. The highest BCUT2D eigenvalue weighted by Gasteiger charge is 2.23. The molecule has 1 aromatic heterocycles. The van der Waals surface area contributed by atoms with E-state index in [9.17, 15) is 9.59 Å². The van der Waals surface area contributed by atoms with E-state index in [2.05, 4.69) is 23.3 Å². The summed E-state index contributed by atoms with van der Waals surface area (Å²) in [6.45, 7) is 4.87. The Kier molecular flexibility index (Phi) is 6.18. The Hall–Kier alpha value is -3.48. The van der Waals surface area contributed by atoms with Crippen LogP contribution in [0.2, 0.25) is 0 Å². The van der Waals surface area contributed by atoms with E-state index in [0.29, 0.717) is 23.6 Å². The number of ether oxygens (including phenoxy) is 2. The number of hydrogen-bond acceptors (Lipinski definition) is 4. The molecular weight excluding hydrogens is 430 g/mol. The lowest BCUT2D eigenvalue weighted by Crippen LogP contribution is -2.45. The summed E-state index contributed by atoms with van der Waals surface area (Å²) >= 11 is 0. The molecule has 1 aliphatic heterocycles. The SMILES string of the molecule is Cc1cc2cc(CN(Cc3ccc4c(c3)OCO4)C(=O)NC3CCCCC3)c(=O)[nH]c2cc1C. The molecule has 34 heavy (non-hydrogen) atoms. The summed E-state index contributed by atoms with van der Waals surface area (Å²) in [6, 6.07) is 11.7. The number of hydrogen-bond donors (Lipinski definition) is 2. The normalized spacial score (nSPS) is 15.5. The van der Waals surface area contributed by atoms with Crippen molar-refractivity contribution in [3.05, 3.63) is 69.0 Å². The third kappa shape index (κ3) is 4.74. The number of nitrogens with zero attached hydrogens (tertiary/aromatic N) is 1. The van der Waals surface area contributed by atoms with Crippen LogP contribution in [0.1, 0.15) is 54.4 Å². The zero-order chi connectivity index (χ0) is 23.7.